The van der Waals surface area contributed by atoms with Gasteiger partial charge in [-0.15, -0.1) is 0 Å². The quantitative estimate of drug-likeness (QED) is 0.0285. The monoisotopic (exact) mass is 1140 g/mol. The van der Waals surface area contributed by atoms with E-state index < -0.39 is 142 Å². The van der Waals surface area contributed by atoms with E-state index >= 15 is 0 Å². The molecule has 0 saturated carbocycles. The van der Waals surface area contributed by atoms with Gasteiger partial charge in [0.15, 0.2) is 41.4 Å². The van der Waals surface area contributed by atoms with E-state index in [1.54, 1.807) is 0 Å². The molecule has 43 heteroatoms. The molecule has 7 unspecified atom stereocenters. The fourth-order valence-electron chi connectivity index (χ4n) is 8.70. The summed E-state index contributed by atoms with van der Waals surface area (Å²) in [5.41, 5.74) is 12.8. The van der Waals surface area contributed by atoms with Gasteiger partial charge in [-0.3, -0.25) is 51.5 Å². The van der Waals surface area contributed by atoms with Crippen LogP contribution >= 0.6 is 31.3 Å². The number of ether oxygens (including phenoxy) is 4. The number of aromatic amines is 2. The predicted octanol–water partition coefficient (Wildman–Crippen LogP) is -7.48. The van der Waals surface area contributed by atoms with Crippen LogP contribution in [0.3, 0.4) is 0 Å². The average Bonchev–Trinajstić information content (AvgIpc) is 4.23. The Hall–Kier alpha value is -5.15. The number of nitrogen functional groups attached to an aromatic ring is 3. The lowest BCUT2D eigenvalue weighted by atomic mass is 10.0. The Kier molecular flexibility index (Phi) is 13.6. The lowest BCUT2D eigenvalue weighted by Crippen LogP contribution is -2.46. The zero-order valence-corrected chi connectivity index (χ0v) is 41.0. The third kappa shape index (κ3) is 9.95. The van der Waals surface area contributed by atoms with Crippen molar-refractivity contribution in [3.05, 3.63) is 46.0 Å². The molecule has 6 aromatic heterocycles. The molecule has 39 nitrogen and oxygen atoms in total. The Labute approximate surface area is 413 Å². The van der Waals surface area contributed by atoms with Gasteiger partial charge in [-0.1, -0.05) is 4.98 Å². The Morgan fingerprint density at radius 2 is 1.37 bits per heavy atom. The van der Waals surface area contributed by atoms with Crippen molar-refractivity contribution in [3.8, 4) is 0 Å². The van der Waals surface area contributed by atoms with Crippen LogP contribution in [0.1, 0.15) is 18.7 Å². The smallest absolute Gasteiger partial charge is 0.313 e. The highest BCUT2D eigenvalue weighted by molar-refractivity contribution is 7.65. The first-order valence-electron chi connectivity index (χ1n) is 21.2. The van der Waals surface area contributed by atoms with Crippen molar-refractivity contribution in [2.24, 2.45) is 7.05 Å². The van der Waals surface area contributed by atoms with Crippen molar-refractivity contribution in [2.45, 2.75) is 73.1 Å². The minimum atomic E-state index is -6.60. The molecule has 12 N–H and O–H groups in total. The van der Waals surface area contributed by atoms with E-state index in [-0.39, 0.29) is 51.2 Å². The minimum absolute atomic E-state index is 0.0189. The van der Waals surface area contributed by atoms with Crippen LogP contribution in [-0.4, -0.2) is 155 Å². The third-order valence-electron chi connectivity index (χ3n) is 12.0. The molecule has 0 spiro atoms. The van der Waals surface area contributed by atoms with Gasteiger partial charge in [-0.05, 0) is 0 Å². The molecule has 4 aliphatic rings. The van der Waals surface area contributed by atoms with E-state index in [1.165, 1.54) is 22.5 Å². The zero-order chi connectivity index (χ0) is 53.9. The molecule has 408 valence electrons. The van der Waals surface area contributed by atoms with E-state index in [9.17, 15) is 67.8 Å². The SMILES string of the molecule is Cn1c[n+]([C@@H]2O[C@H](COP(=O)([O-])OP(=O)([O-])OP(=O)([O-])OC[C@]34CO[C@@H](C3OP(=O)([O-])OC[C@H]3O[C@@H](n5cnc6c(=O)[nH]c(N)nc65)[C@@H](O)C3O)[C@H](n3cnc5c(N)ncnc53)O4)[C@H](O)C2O)c2nc(N)[nH]c(=O)c21. The van der Waals surface area contributed by atoms with E-state index in [2.05, 4.69) is 53.0 Å². The third-order valence-corrected chi connectivity index (χ3v) is 17.1. The second-order valence-electron chi connectivity index (χ2n) is 16.9. The minimum Gasteiger partial charge on any atom is -0.756 e. The summed E-state index contributed by atoms with van der Waals surface area (Å²) >= 11 is 0. The van der Waals surface area contributed by atoms with Crippen molar-refractivity contribution in [3.63, 3.8) is 0 Å². The highest BCUT2D eigenvalue weighted by Crippen LogP contribution is 2.64. The topological polar surface area (TPSA) is 574 Å². The van der Waals surface area contributed by atoms with Crippen molar-refractivity contribution >= 4 is 82.5 Å². The Bertz CT molecular complexity index is 3540. The number of hydrogen-bond acceptors (Lipinski definition) is 33. The van der Waals surface area contributed by atoms with Crippen LogP contribution in [0.2, 0.25) is 0 Å². The van der Waals surface area contributed by atoms with Crippen LogP contribution < -0.4 is 52.5 Å². The normalized spacial score (nSPS) is 32.0. The molecule has 0 aliphatic carbocycles. The largest absolute Gasteiger partial charge is 0.756 e. The first-order chi connectivity index (χ1) is 35.2. The summed E-state index contributed by atoms with van der Waals surface area (Å²) < 4.78 is 107. The van der Waals surface area contributed by atoms with Crippen molar-refractivity contribution in [1.29, 1.82) is 0 Å². The van der Waals surface area contributed by atoms with Crippen molar-refractivity contribution < 1.29 is 108 Å². The Morgan fingerprint density at radius 1 is 0.760 bits per heavy atom. The van der Waals surface area contributed by atoms with Crippen LogP contribution in [0, 0.1) is 0 Å². The number of fused-ring (bicyclic) bond motifs is 5. The van der Waals surface area contributed by atoms with Gasteiger partial charge in [-0.2, -0.15) is 4.98 Å². The van der Waals surface area contributed by atoms with E-state index in [0.717, 1.165) is 28.1 Å². The molecule has 10 heterocycles. The van der Waals surface area contributed by atoms with Crippen LogP contribution in [-0.2, 0) is 71.0 Å². The molecule has 2 bridgehead atoms. The molecule has 75 heavy (non-hydrogen) atoms. The number of phosphoric acid groups is 4. The van der Waals surface area contributed by atoms with Crippen molar-refractivity contribution in [2.75, 3.05) is 43.6 Å². The van der Waals surface area contributed by atoms with E-state index in [1.807, 2.05) is 0 Å². The summed E-state index contributed by atoms with van der Waals surface area (Å²) in [4.78, 5) is 105. The lowest BCUT2D eigenvalue weighted by molar-refractivity contribution is -0.745. The van der Waals surface area contributed by atoms with Gasteiger partial charge < -0.3 is 94.2 Å². The standard InChI is InChI=1S/C32H41N15O24P4/c1-44-9-47(24-14(44)26(53)43-31(35)41-24)28-18(51)16(49)11(67-28)3-64-73(56,57)70-75(60,61)71-74(58,59)65-5-32-4-62-19(29(68-32)45-7-38-12-21(33)36-6-37-22(12)45)20(32)69-72(54,55)63-2-10-15(48)17(50)27(66-10)46-8-39-13-23(46)40-30(34)42-25(13)52/h6-11,15-20,27-29,48-51H,2-5H2,1H3,(H11-,33,34,35,36,37,40,41,42,43,52,53,54,55,56,57,58,59,60,61)/p-3/t10-,11-,15?,16+,17+,18?,19+,20?,27-,28-,29-,32-/m1/s1. The van der Waals surface area contributed by atoms with Gasteiger partial charge in [0.25, 0.3) is 48.4 Å². The van der Waals surface area contributed by atoms with Crippen LogP contribution in [0.15, 0.2) is 34.9 Å². The van der Waals surface area contributed by atoms with Gasteiger partial charge in [0.1, 0.15) is 66.3 Å². The summed E-state index contributed by atoms with van der Waals surface area (Å²) in [5.74, 6) is -0.769. The Balaban J connectivity index is 0.809. The number of hydrogen-bond donors (Lipinski definition) is 9. The van der Waals surface area contributed by atoms with Gasteiger partial charge in [0.2, 0.25) is 17.7 Å². The van der Waals surface area contributed by atoms with Gasteiger partial charge >= 0.3 is 5.65 Å². The van der Waals surface area contributed by atoms with Gasteiger partial charge in [0.05, 0.1) is 46.1 Å². The summed E-state index contributed by atoms with van der Waals surface area (Å²) in [6.07, 6.45) is -14.5. The van der Waals surface area contributed by atoms with Crippen LogP contribution in [0.4, 0.5) is 17.7 Å². The molecule has 6 aromatic rings. The molecule has 4 fully saturated rings. The lowest BCUT2D eigenvalue weighted by Gasteiger charge is -2.37. The summed E-state index contributed by atoms with van der Waals surface area (Å²) in [7, 11) is -23.4. The molecule has 10 rings (SSSR count). The molecule has 4 aliphatic heterocycles. The second kappa shape index (κ2) is 19.1. The molecular formula is C32H38N15O24P4-3. The van der Waals surface area contributed by atoms with E-state index in [4.69, 9.17) is 49.7 Å². The molecule has 16 atom stereocenters. The van der Waals surface area contributed by atoms with E-state index in [0.29, 0.717) is 0 Å². The first kappa shape index (κ1) is 53.3. The highest BCUT2D eigenvalue weighted by Gasteiger charge is 2.65. The Morgan fingerprint density at radius 3 is 2.09 bits per heavy atom. The molecule has 4 saturated heterocycles. The first-order valence-corrected chi connectivity index (χ1v) is 27.0. The van der Waals surface area contributed by atoms with Crippen LogP contribution in [0.5, 0.6) is 0 Å². The number of rotatable bonds is 18. The molecule has 0 amide bonds. The molecule has 0 radical (unpaired) electrons. The number of aliphatic hydroxyl groups is 4. The van der Waals surface area contributed by atoms with Crippen molar-refractivity contribution in [1.82, 2.24) is 53.6 Å². The maximum Gasteiger partial charge on any atom is 0.313 e. The number of nitrogens with one attached hydrogen (secondary N) is 2. The number of nitrogens with two attached hydrogens (primary N) is 3. The second-order valence-corrected chi connectivity index (χ2v) is 22.8. The number of aryl methyl sites for hydroxylation is 1. The van der Waals surface area contributed by atoms with Crippen LogP contribution in [0.25, 0.3) is 33.5 Å². The number of imidazole rings is 3. The summed E-state index contributed by atoms with van der Waals surface area (Å²) in [6.45, 7) is -4.49. The van der Waals surface area contributed by atoms with Gasteiger partial charge in [0, 0.05) is 0 Å². The molecular weight excluding hydrogens is 1100 g/mol. The summed E-state index contributed by atoms with van der Waals surface area (Å²) in [5, 5.41) is 43.1. The molecule has 0 aromatic carbocycles. The number of phosphoric ester groups is 3. The fourth-order valence-corrected chi connectivity index (χ4v) is 13.1. The number of aliphatic hydroxyl groups excluding tert-OH is 4. The summed E-state index contributed by atoms with van der Waals surface area (Å²) in [6, 6.07) is 0. The maximum atomic E-state index is 13.6. The number of H-pyrrole nitrogens is 2. The fraction of sp³-hybridized carbons (Fsp3) is 0.531. The number of aromatic nitrogens is 12. The average molecular weight is 1140 g/mol. The zero-order valence-electron chi connectivity index (χ0n) is 37.4. The van der Waals surface area contributed by atoms with Gasteiger partial charge in [-0.25, -0.2) is 33.1 Å². The predicted molar refractivity (Wildman–Crippen MR) is 228 cm³/mol. The highest BCUT2D eigenvalue weighted by atomic mass is 31.3. The number of anilines is 3. The number of nitrogens with zero attached hydrogens (tertiary/aromatic N) is 10. The maximum absolute atomic E-state index is 13.6.